The fraction of sp³-hybridized carbons (Fsp3) is 0.462. The molecule has 0 aromatic heterocycles. The van der Waals surface area contributed by atoms with Crippen LogP contribution in [0.4, 0.5) is 5.69 Å². The molecule has 0 spiro atoms. The maximum Gasteiger partial charge on any atom is 0.257 e. The van der Waals surface area contributed by atoms with Gasteiger partial charge in [-0.2, -0.15) is 0 Å². The van der Waals surface area contributed by atoms with E-state index in [9.17, 15) is 4.79 Å². The van der Waals surface area contributed by atoms with Gasteiger partial charge in [-0.05, 0) is 12.1 Å². The molecule has 3 rings (SSSR count). The molecule has 2 aliphatic rings. The number of benzene rings is 1. The Balaban J connectivity index is 1.82. The van der Waals surface area contributed by atoms with E-state index >= 15 is 0 Å². The second kappa shape index (κ2) is 4.49. The zero-order chi connectivity index (χ0) is 12.5. The summed E-state index contributed by atoms with van der Waals surface area (Å²) >= 11 is 0. The smallest absolute Gasteiger partial charge is 0.257 e. The fourth-order valence-corrected chi connectivity index (χ4v) is 2.36. The van der Waals surface area contributed by atoms with Gasteiger partial charge in [0.25, 0.3) is 5.91 Å². The Morgan fingerprint density at radius 1 is 1.50 bits per heavy atom. The van der Waals surface area contributed by atoms with Gasteiger partial charge in [-0.15, -0.1) is 0 Å². The minimum atomic E-state index is -0.0137. The second-order valence-electron chi connectivity index (χ2n) is 4.72. The van der Waals surface area contributed by atoms with Crippen LogP contribution in [0.1, 0.15) is 10.4 Å². The van der Waals surface area contributed by atoms with Crippen LogP contribution < -0.4 is 10.1 Å². The van der Waals surface area contributed by atoms with E-state index in [0.29, 0.717) is 31.0 Å². The van der Waals surface area contributed by atoms with Crippen molar-refractivity contribution in [1.29, 1.82) is 0 Å². The van der Waals surface area contributed by atoms with Gasteiger partial charge in [0.1, 0.15) is 6.61 Å². The molecule has 0 saturated carbocycles. The van der Waals surface area contributed by atoms with Crippen LogP contribution in [0.15, 0.2) is 18.2 Å². The number of hydrogen-bond donors (Lipinski definition) is 2. The Bertz CT molecular complexity index is 469. The van der Waals surface area contributed by atoms with Crippen LogP contribution in [0.5, 0.6) is 5.75 Å². The molecule has 0 aliphatic carbocycles. The second-order valence-corrected chi connectivity index (χ2v) is 4.72. The van der Waals surface area contributed by atoms with E-state index in [1.807, 2.05) is 12.1 Å². The Morgan fingerprint density at radius 3 is 3.11 bits per heavy atom. The van der Waals surface area contributed by atoms with Crippen molar-refractivity contribution in [3.63, 3.8) is 0 Å². The van der Waals surface area contributed by atoms with Crippen molar-refractivity contribution in [2.45, 2.75) is 0 Å². The molecule has 0 bridgehead atoms. The molecule has 2 aliphatic heterocycles. The first-order chi connectivity index (χ1) is 8.79. The lowest BCUT2D eigenvalue weighted by Gasteiger charge is -2.38. The zero-order valence-electron chi connectivity index (χ0n) is 10.1. The van der Waals surface area contributed by atoms with Crippen molar-refractivity contribution in [2.24, 2.45) is 5.92 Å². The van der Waals surface area contributed by atoms with Gasteiger partial charge in [-0.3, -0.25) is 4.79 Å². The van der Waals surface area contributed by atoms with E-state index in [-0.39, 0.29) is 18.4 Å². The maximum absolute atomic E-state index is 12.3. The number of likely N-dealkylation sites (tertiary alicyclic amines) is 1. The number of amides is 1. The summed E-state index contributed by atoms with van der Waals surface area (Å²) < 4.78 is 5.59. The van der Waals surface area contributed by atoms with Crippen molar-refractivity contribution in [3.8, 4) is 5.75 Å². The van der Waals surface area contributed by atoms with E-state index in [4.69, 9.17) is 9.84 Å². The first kappa shape index (κ1) is 11.3. The minimum absolute atomic E-state index is 0.0137. The van der Waals surface area contributed by atoms with Gasteiger partial charge < -0.3 is 20.1 Å². The number of aliphatic hydroxyl groups excluding tert-OH is 1. The highest BCUT2D eigenvalue weighted by Crippen LogP contribution is 2.33. The normalized spacial score (nSPS) is 18.4. The Kier molecular flexibility index (Phi) is 2.83. The summed E-state index contributed by atoms with van der Waals surface area (Å²) in [6, 6.07) is 5.56. The summed E-state index contributed by atoms with van der Waals surface area (Å²) in [6.07, 6.45) is 0. The van der Waals surface area contributed by atoms with E-state index < -0.39 is 0 Å². The van der Waals surface area contributed by atoms with Crippen molar-refractivity contribution >= 4 is 11.6 Å². The van der Waals surface area contributed by atoms with Crippen molar-refractivity contribution in [3.05, 3.63) is 23.8 Å². The molecular weight excluding hydrogens is 232 g/mol. The fourth-order valence-electron chi connectivity index (χ4n) is 2.36. The number of carbonyl (C=O) groups excluding carboxylic acids is 1. The highest BCUT2D eigenvalue weighted by atomic mass is 16.5. The molecular formula is C13H16N2O3. The number of rotatable bonds is 2. The molecule has 0 radical (unpaired) electrons. The lowest BCUT2D eigenvalue weighted by Crippen LogP contribution is -2.51. The van der Waals surface area contributed by atoms with Crippen LogP contribution in [0.3, 0.4) is 0 Å². The number of ether oxygens (including phenoxy) is 1. The van der Waals surface area contributed by atoms with Crippen LogP contribution in [0.25, 0.3) is 0 Å². The summed E-state index contributed by atoms with van der Waals surface area (Å²) in [7, 11) is 0. The molecule has 1 amide bonds. The lowest BCUT2D eigenvalue weighted by atomic mass is 9.99. The zero-order valence-corrected chi connectivity index (χ0v) is 10.1. The molecule has 0 atom stereocenters. The summed E-state index contributed by atoms with van der Waals surface area (Å²) in [5, 5.41) is 12.2. The SMILES string of the molecule is O=C(c1cccc2c1OCCN2)N1CC(CO)C1. The number of carbonyl (C=O) groups is 1. The van der Waals surface area contributed by atoms with Gasteiger partial charge in [-0.1, -0.05) is 6.07 Å². The molecule has 0 unspecified atom stereocenters. The highest BCUT2D eigenvalue weighted by molar-refractivity contribution is 5.99. The van der Waals surface area contributed by atoms with Gasteiger partial charge in [-0.25, -0.2) is 0 Å². The summed E-state index contributed by atoms with van der Waals surface area (Å²) in [5.74, 6) is 0.869. The van der Waals surface area contributed by atoms with Gasteiger partial charge in [0.2, 0.25) is 0 Å². The molecule has 1 saturated heterocycles. The minimum Gasteiger partial charge on any atom is -0.489 e. The summed E-state index contributed by atoms with van der Waals surface area (Å²) in [6.45, 7) is 2.76. The molecule has 18 heavy (non-hydrogen) atoms. The average Bonchev–Trinajstić information content (AvgIpc) is 2.36. The van der Waals surface area contributed by atoms with Crippen LogP contribution >= 0.6 is 0 Å². The largest absolute Gasteiger partial charge is 0.489 e. The molecule has 5 heteroatoms. The maximum atomic E-state index is 12.3. The molecule has 1 fully saturated rings. The van der Waals surface area contributed by atoms with Gasteiger partial charge in [0, 0.05) is 32.2 Å². The average molecular weight is 248 g/mol. The monoisotopic (exact) mass is 248 g/mol. The molecule has 96 valence electrons. The van der Waals surface area contributed by atoms with E-state index in [1.54, 1.807) is 11.0 Å². The number of hydrogen-bond acceptors (Lipinski definition) is 4. The van der Waals surface area contributed by atoms with Crippen molar-refractivity contribution in [2.75, 3.05) is 38.2 Å². The lowest BCUT2D eigenvalue weighted by molar-refractivity contribution is 0.0358. The van der Waals surface area contributed by atoms with E-state index in [2.05, 4.69) is 5.32 Å². The Morgan fingerprint density at radius 2 is 2.33 bits per heavy atom. The van der Waals surface area contributed by atoms with Crippen LogP contribution in [-0.2, 0) is 0 Å². The molecule has 2 N–H and O–H groups in total. The number of nitrogens with one attached hydrogen (secondary N) is 1. The number of para-hydroxylation sites is 1. The van der Waals surface area contributed by atoms with Crippen molar-refractivity contribution in [1.82, 2.24) is 4.90 Å². The van der Waals surface area contributed by atoms with Gasteiger partial charge in [0.15, 0.2) is 5.75 Å². The van der Waals surface area contributed by atoms with Crippen molar-refractivity contribution < 1.29 is 14.6 Å². The first-order valence-electron chi connectivity index (χ1n) is 6.19. The summed E-state index contributed by atoms with van der Waals surface area (Å²) in [5.41, 5.74) is 1.49. The number of anilines is 1. The standard InChI is InChI=1S/C13H16N2O3/c16-8-9-6-15(7-9)13(17)10-2-1-3-11-12(10)18-5-4-14-11/h1-3,9,14,16H,4-8H2. The predicted octanol–water partition coefficient (Wildman–Crippen LogP) is 0.555. The highest BCUT2D eigenvalue weighted by Gasteiger charge is 2.32. The summed E-state index contributed by atoms with van der Waals surface area (Å²) in [4.78, 5) is 14.0. The number of fused-ring (bicyclic) bond motifs is 1. The van der Waals surface area contributed by atoms with Crippen LogP contribution in [0.2, 0.25) is 0 Å². The predicted molar refractivity (Wildman–Crippen MR) is 66.9 cm³/mol. The number of nitrogens with zero attached hydrogens (tertiary/aromatic N) is 1. The van der Waals surface area contributed by atoms with E-state index in [0.717, 1.165) is 12.2 Å². The number of aliphatic hydroxyl groups is 1. The quantitative estimate of drug-likeness (QED) is 0.802. The Hall–Kier alpha value is -1.75. The topological polar surface area (TPSA) is 61.8 Å². The Labute approximate surface area is 105 Å². The third-order valence-corrected chi connectivity index (χ3v) is 3.41. The van der Waals surface area contributed by atoms with Gasteiger partial charge >= 0.3 is 0 Å². The van der Waals surface area contributed by atoms with Gasteiger partial charge in [0.05, 0.1) is 11.3 Å². The van der Waals surface area contributed by atoms with Crippen LogP contribution in [-0.4, -0.2) is 48.8 Å². The first-order valence-corrected chi connectivity index (χ1v) is 6.19. The van der Waals surface area contributed by atoms with E-state index in [1.165, 1.54) is 0 Å². The third kappa shape index (κ3) is 1.80. The third-order valence-electron chi connectivity index (χ3n) is 3.41. The molecule has 1 aromatic carbocycles. The van der Waals surface area contributed by atoms with Crippen LogP contribution in [0, 0.1) is 5.92 Å². The molecule has 1 aromatic rings. The molecule has 2 heterocycles. The molecule has 5 nitrogen and oxygen atoms in total.